The maximum absolute atomic E-state index is 12.8. The van der Waals surface area contributed by atoms with Crippen molar-refractivity contribution >= 4 is 23.1 Å². The van der Waals surface area contributed by atoms with E-state index < -0.39 is 0 Å². The molecule has 1 aliphatic rings. The van der Waals surface area contributed by atoms with E-state index in [1.54, 1.807) is 6.20 Å². The summed E-state index contributed by atoms with van der Waals surface area (Å²) in [5, 5.41) is 3.95. The van der Waals surface area contributed by atoms with Gasteiger partial charge in [0.2, 0.25) is 5.91 Å². The van der Waals surface area contributed by atoms with Gasteiger partial charge < -0.3 is 19.4 Å². The molecule has 4 rings (SSSR count). The molecule has 3 aromatic rings. The van der Waals surface area contributed by atoms with Gasteiger partial charge in [0, 0.05) is 29.1 Å². The third-order valence-electron chi connectivity index (χ3n) is 5.18. The van der Waals surface area contributed by atoms with Gasteiger partial charge in [0.1, 0.15) is 6.54 Å². The Bertz CT molecular complexity index is 1040. The molecule has 29 heavy (non-hydrogen) atoms. The summed E-state index contributed by atoms with van der Waals surface area (Å²) in [7, 11) is 0. The first-order valence-electron chi connectivity index (χ1n) is 9.91. The number of nitrogens with one attached hydrogen (secondary N) is 1. The Morgan fingerprint density at radius 3 is 2.76 bits per heavy atom. The van der Waals surface area contributed by atoms with Crippen LogP contribution in [-0.2, 0) is 11.3 Å². The van der Waals surface area contributed by atoms with Crippen LogP contribution in [0.15, 0.2) is 48.7 Å². The second kappa shape index (κ2) is 8.39. The minimum Gasteiger partial charge on any atom is -0.490 e. The topological polar surface area (TPSA) is 69.6 Å². The number of aldehydes is 1. The lowest BCUT2D eigenvalue weighted by Crippen LogP contribution is -2.31. The van der Waals surface area contributed by atoms with Crippen molar-refractivity contribution in [1.29, 1.82) is 0 Å². The zero-order chi connectivity index (χ0) is 20.2. The number of benzene rings is 2. The molecule has 1 N–H and O–H groups in total. The number of hydrogen-bond acceptors (Lipinski definition) is 4. The van der Waals surface area contributed by atoms with Crippen molar-refractivity contribution in [3.63, 3.8) is 0 Å². The normalized spacial score (nSPS) is 14.2. The van der Waals surface area contributed by atoms with Gasteiger partial charge >= 0.3 is 0 Å². The van der Waals surface area contributed by atoms with E-state index in [1.807, 2.05) is 54.0 Å². The largest absolute Gasteiger partial charge is 0.490 e. The summed E-state index contributed by atoms with van der Waals surface area (Å²) in [5.41, 5.74) is 2.44. The van der Waals surface area contributed by atoms with Gasteiger partial charge in [0.15, 0.2) is 17.8 Å². The fourth-order valence-electron chi connectivity index (χ4n) is 3.71. The average Bonchev–Trinajstić information content (AvgIpc) is 2.93. The first kappa shape index (κ1) is 19.1. The Labute approximate surface area is 169 Å². The summed E-state index contributed by atoms with van der Waals surface area (Å²) in [6, 6.07) is 13.3. The monoisotopic (exact) mass is 392 g/mol. The molecule has 0 saturated carbocycles. The van der Waals surface area contributed by atoms with Crippen molar-refractivity contribution in [3.05, 3.63) is 59.8 Å². The molecule has 2 heterocycles. The van der Waals surface area contributed by atoms with Crippen molar-refractivity contribution in [3.8, 4) is 11.5 Å². The molecule has 1 amide bonds. The first-order valence-corrected chi connectivity index (χ1v) is 9.91. The number of hydrogen-bond donors (Lipinski definition) is 1. The Kier molecular flexibility index (Phi) is 5.51. The number of fused-ring (bicyclic) bond motifs is 2. The predicted molar refractivity (Wildman–Crippen MR) is 111 cm³/mol. The van der Waals surface area contributed by atoms with Gasteiger partial charge in [-0.1, -0.05) is 31.2 Å². The summed E-state index contributed by atoms with van der Waals surface area (Å²) < 4.78 is 13.3. The zero-order valence-corrected chi connectivity index (χ0v) is 16.4. The van der Waals surface area contributed by atoms with Crippen LogP contribution in [0.3, 0.4) is 0 Å². The molecule has 6 heteroatoms. The molecular weight excluding hydrogens is 368 g/mol. The average molecular weight is 392 g/mol. The van der Waals surface area contributed by atoms with E-state index in [-0.39, 0.29) is 18.5 Å². The van der Waals surface area contributed by atoms with Crippen molar-refractivity contribution in [2.45, 2.75) is 32.4 Å². The van der Waals surface area contributed by atoms with E-state index in [4.69, 9.17) is 9.47 Å². The molecule has 0 spiro atoms. The molecule has 1 aromatic heterocycles. The Morgan fingerprint density at radius 1 is 1.17 bits per heavy atom. The quantitative estimate of drug-likeness (QED) is 0.647. The van der Waals surface area contributed by atoms with Gasteiger partial charge in [-0.2, -0.15) is 0 Å². The summed E-state index contributed by atoms with van der Waals surface area (Å²) in [4.78, 5) is 24.1. The lowest BCUT2D eigenvalue weighted by molar-refractivity contribution is -0.122. The molecule has 0 bridgehead atoms. The van der Waals surface area contributed by atoms with Crippen LogP contribution in [0.4, 0.5) is 0 Å². The van der Waals surface area contributed by atoms with Gasteiger partial charge in [-0.05, 0) is 30.2 Å². The maximum Gasteiger partial charge on any atom is 0.240 e. The Morgan fingerprint density at radius 2 is 1.97 bits per heavy atom. The highest BCUT2D eigenvalue weighted by atomic mass is 16.5. The highest BCUT2D eigenvalue weighted by Gasteiger charge is 2.18. The van der Waals surface area contributed by atoms with E-state index in [0.717, 1.165) is 47.1 Å². The lowest BCUT2D eigenvalue weighted by Gasteiger charge is -2.19. The van der Waals surface area contributed by atoms with Crippen LogP contribution in [0.5, 0.6) is 11.5 Å². The number of para-hydroxylation sites is 1. The standard InChI is InChI=1S/C23H24N2O4/c1-2-19(16-8-9-21-22(12-16)29-11-5-10-28-21)24-23(27)14-25-13-17(15-26)18-6-3-4-7-20(18)25/h3-4,6-9,12-13,15,19H,2,5,10-11,14H2,1H3,(H,24,27). The molecule has 1 unspecified atom stereocenters. The second-order valence-corrected chi connectivity index (χ2v) is 7.13. The second-order valence-electron chi connectivity index (χ2n) is 7.13. The molecule has 1 aliphatic heterocycles. The smallest absolute Gasteiger partial charge is 0.240 e. The van der Waals surface area contributed by atoms with Crippen LogP contribution in [0.2, 0.25) is 0 Å². The summed E-state index contributed by atoms with van der Waals surface area (Å²) in [6.45, 7) is 3.45. The van der Waals surface area contributed by atoms with E-state index in [9.17, 15) is 9.59 Å². The SMILES string of the molecule is CCC(NC(=O)Cn1cc(C=O)c2ccccc21)c1ccc2c(c1)OCCCO2. The number of amides is 1. The van der Waals surface area contributed by atoms with Crippen molar-refractivity contribution in [2.75, 3.05) is 13.2 Å². The van der Waals surface area contributed by atoms with Crippen LogP contribution in [0.1, 0.15) is 41.7 Å². The van der Waals surface area contributed by atoms with Crippen molar-refractivity contribution < 1.29 is 19.1 Å². The van der Waals surface area contributed by atoms with Crippen LogP contribution in [0.25, 0.3) is 10.9 Å². The molecule has 2 aromatic carbocycles. The molecule has 0 radical (unpaired) electrons. The van der Waals surface area contributed by atoms with Crippen LogP contribution in [0, 0.1) is 0 Å². The first-order chi connectivity index (χ1) is 14.2. The molecule has 150 valence electrons. The van der Waals surface area contributed by atoms with Gasteiger partial charge in [-0.25, -0.2) is 0 Å². The van der Waals surface area contributed by atoms with Crippen LogP contribution < -0.4 is 14.8 Å². The number of aromatic nitrogens is 1. The number of carbonyl (C=O) groups excluding carboxylic acids is 2. The van der Waals surface area contributed by atoms with Gasteiger partial charge in [0.25, 0.3) is 0 Å². The van der Waals surface area contributed by atoms with Crippen molar-refractivity contribution in [1.82, 2.24) is 9.88 Å². The summed E-state index contributed by atoms with van der Waals surface area (Å²) >= 11 is 0. The highest BCUT2D eigenvalue weighted by molar-refractivity contribution is 5.98. The third kappa shape index (κ3) is 3.97. The Balaban J connectivity index is 1.51. The third-order valence-corrected chi connectivity index (χ3v) is 5.18. The molecule has 0 saturated heterocycles. The predicted octanol–water partition coefficient (Wildman–Crippen LogP) is 3.88. The van der Waals surface area contributed by atoms with Crippen LogP contribution >= 0.6 is 0 Å². The fourth-order valence-corrected chi connectivity index (χ4v) is 3.71. The Hall–Kier alpha value is -3.28. The van der Waals surface area contributed by atoms with Gasteiger partial charge in [-0.3, -0.25) is 9.59 Å². The zero-order valence-electron chi connectivity index (χ0n) is 16.4. The number of carbonyl (C=O) groups is 2. The molecule has 0 fully saturated rings. The van der Waals surface area contributed by atoms with Crippen LogP contribution in [-0.4, -0.2) is 30.0 Å². The number of ether oxygens (including phenoxy) is 2. The minimum atomic E-state index is -0.132. The van der Waals surface area contributed by atoms with E-state index in [0.29, 0.717) is 18.8 Å². The molecular formula is C23H24N2O4. The molecule has 0 aliphatic carbocycles. The number of nitrogens with zero attached hydrogens (tertiary/aromatic N) is 1. The van der Waals surface area contributed by atoms with Gasteiger partial charge in [-0.15, -0.1) is 0 Å². The summed E-state index contributed by atoms with van der Waals surface area (Å²) in [5.74, 6) is 1.36. The minimum absolute atomic E-state index is 0.109. The van der Waals surface area contributed by atoms with E-state index in [2.05, 4.69) is 5.32 Å². The number of rotatable bonds is 6. The maximum atomic E-state index is 12.8. The molecule has 6 nitrogen and oxygen atoms in total. The van der Waals surface area contributed by atoms with Gasteiger partial charge in [0.05, 0.1) is 19.3 Å². The fraction of sp³-hybridized carbons (Fsp3) is 0.304. The highest BCUT2D eigenvalue weighted by Crippen LogP contribution is 2.33. The lowest BCUT2D eigenvalue weighted by atomic mass is 10.0. The summed E-state index contributed by atoms with van der Waals surface area (Å²) in [6.07, 6.45) is 4.15. The molecule has 1 atom stereocenters. The van der Waals surface area contributed by atoms with E-state index in [1.165, 1.54) is 0 Å². The van der Waals surface area contributed by atoms with E-state index >= 15 is 0 Å². The van der Waals surface area contributed by atoms with Crippen molar-refractivity contribution in [2.24, 2.45) is 0 Å².